The number of esters is 4. The number of ether oxygens (including phenoxy) is 4. The van der Waals surface area contributed by atoms with Crippen LogP contribution in [0.1, 0.15) is 121 Å². The standard InChI is InChI=1S/C88H80Cl2N6O8/c1-5-101-77(97)49-41-59-53-73-83(69-33-21-23-35-71(69)89)74-55-61(43-51-79(99)103-7-3)87(93-74)82(58-39-47-68(48-40-58)96(65-29-17-11-18-30-65)66-31-19-12-20-32-66)88-62(44-52-80(100)104-8-4)56-76(94-88)84(70-34-22-24-36-72(70)90)75-54-60(42-50-78(98)102-6-2)86(92-75)81(85(59)91-73)57-37-45-67(46-38-57)95(63-25-13-9-14-26-63)64-27-15-10-16-28-64/h9-40,45-48,53-56,91-94H,5-8,41-44,49-52H2,1-4H3. The Morgan fingerprint density at radius 2 is 0.596 bits per heavy atom. The number of fused-ring (bicyclic) bond motifs is 8. The average Bonchev–Trinajstić information content (AvgIpc) is 1.58. The second-order valence-electron chi connectivity index (χ2n) is 25.1. The van der Waals surface area contributed by atoms with Gasteiger partial charge in [-0.25, -0.2) is 0 Å². The van der Waals surface area contributed by atoms with Gasteiger partial charge >= 0.3 is 23.9 Å². The minimum absolute atomic E-state index is 0.0364. The van der Waals surface area contributed by atoms with Crippen molar-refractivity contribution in [3.8, 4) is 0 Å². The Bertz CT molecular complexity index is 4910. The van der Waals surface area contributed by atoms with E-state index in [2.05, 4.69) is 151 Å². The molecule has 14 nitrogen and oxygen atoms in total. The van der Waals surface area contributed by atoms with Gasteiger partial charge < -0.3 is 48.7 Å². The second kappa shape index (κ2) is 33.0. The number of nitrogens with zero attached hydrogens (tertiary/aromatic N) is 2. The Kier molecular flexibility index (Phi) is 22.5. The molecule has 0 amide bonds. The fourth-order valence-electron chi connectivity index (χ4n) is 13.9. The molecule has 8 bridgehead atoms. The van der Waals surface area contributed by atoms with Gasteiger partial charge in [-0.15, -0.1) is 0 Å². The molecular weight excluding hydrogens is 1340 g/mol. The summed E-state index contributed by atoms with van der Waals surface area (Å²) >= 11 is 15.1. The van der Waals surface area contributed by atoms with E-state index in [9.17, 15) is 19.2 Å². The van der Waals surface area contributed by atoms with Gasteiger partial charge in [-0.3, -0.25) is 19.2 Å². The SMILES string of the molecule is CCOC(=O)CCc1cc2[nH]c1C(c1ccc(N(c3ccccc3)c3ccccc3)cc1)=c1[nH]c(cc1CCC(=O)OCC)=C(c1ccccc1Cl)c1cc(CCC(=O)OCC)c([nH]1)C(c1ccc(N(c3ccccc3)c3ccccc3)cc1)=c1[nH]c(cc1CCC(=O)OCC)=C2c1ccccc1Cl. The van der Waals surface area contributed by atoms with E-state index in [-0.39, 0.29) is 102 Å². The molecule has 5 heterocycles. The van der Waals surface area contributed by atoms with Gasteiger partial charge in [0.05, 0.1) is 48.5 Å². The Hall–Kier alpha value is -11.6. The number of benzene rings is 8. The highest BCUT2D eigenvalue weighted by Gasteiger charge is 2.28. The van der Waals surface area contributed by atoms with Crippen LogP contribution in [0.25, 0.3) is 22.3 Å². The molecule has 0 saturated heterocycles. The van der Waals surface area contributed by atoms with Crippen LogP contribution in [-0.4, -0.2) is 70.2 Å². The molecule has 0 atom stereocenters. The van der Waals surface area contributed by atoms with Crippen LogP contribution in [0.5, 0.6) is 0 Å². The number of carbonyl (C=O) groups excluding carboxylic acids is 4. The topological polar surface area (TPSA) is 175 Å². The fourth-order valence-corrected chi connectivity index (χ4v) is 14.3. The van der Waals surface area contributed by atoms with Gasteiger partial charge in [0, 0.05) is 125 Å². The number of nitrogens with one attached hydrogen (secondary N) is 4. The molecule has 8 aromatic carbocycles. The number of para-hydroxylation sites is 4. The van der Waals surface area contributed by atoms with E-state index in [1.807, 2.05) is 121 Å². The number of aromatic amines is 4. The summed E-state index contributed by atoms with van der Waals surface area (Å²) in [5.74, 6) is -1.46. The van der Waals surface area contributed by atoms with Gasteiger partial charge in [0.15, 0.2) is 0 Å². The van der Waals surface area contributed by atoms with Gasteiger partial charge in [-0.1, -0.05) is 157 Å². The number of aryl methyl sites for hydroxylation is 4. The van der Waals surface area contributed by atoms with Crippen LogP contribution in [-0.2, 0) is 63.8 Å². The van der Waals surface area contributed by atoms with Crippen molar-refractivity contribution in [1.29, 1.82) is 0 Å². The Morgan fingerprint density at radius 3 is 0.894 bits per heavy atom. The quantitative estimate of drug-likeness (QED) is 0.0302. The van der Waals surface area contributed by atoms with Gasteiger partial charge in [-0.05, 0) is 196 Å². The summed E-state index contributed by atoms with van der Waals surface area (Å²) in [5, 5.41) is 3.55. The Balaban J connectivity index is 1.20. The molecular formula is C88H80Cl2N6O8. The second-order valence-corrected chi connectivity index (χ2v) is 25.9. The van der Waals surface area contributed by atoms with Crippen LogP contribution in [0.15, 0.2) is 243 Å². The van der Waals surface area contributed by atoms with Crippen molar-refractivity contribution in [2.75, 3.05) is 36.2 Å². The molecule has 0 unspecified atom stereocenters. The minimum atomic E-state index is -0.366. The van der Waals surface area contributed by atoms with Gasteiger partial charge in [0.1, 0.15) is 0 Å². The first-order valence-electron chi connectivity index (χ1n) is 35.4. The van der Waals surface area contributed by atoms with Crippen molar-refractivity contribution in [1.82, 2.24) is 19.9 Å². The highest BCUT2D eigenvalue weighted by atomic mass is 35.5. The lowest BCUT2D eigenvalue weighted by Crippen LogP contribution is -2.21. The molecule has 524 valence electrons. The van der Waals surface area contributed by atoms with Crippen molar-refractivity contribution in [3.05, 3.63) is 341 Å². The number of aromatic nitrogens is 4. The van der Waals surface area contributed by atoms with E-state index in [0.717, 1.165) is 78.7 Å². The fraction of sp³-hybridized carbons (Fsp3) is 0.182. The number of hydrogen-bond donors (Lipinski definition) is 4. The lowest BCUT2D eigenvalue weighted by molar-refractivity contribution is -0.144. The summed E-state index contributed by atoms with van der Waals surface area (Å²) < 4.78 is 22.7. The molecule has 0 radical (unpaired) electrons. The summed E-state index contributed by atoms with van der Waals surface area (Å²) in [6.45, 7) is 8.00. The van der Waals surface area contributed by atoms with Crippen LogP contribution >= 0.6 is 23.2 Å². The van der Waals surface area contributed by atoms with E-state index >= 15 is 0 Å². The first kappa shape index (κ1) is 70.8. The molecule has 4 aromatic heterocycles. The number of H-pyrrole nitrogens is 4. The smallest absolute Gasteiger partial charge is 0.306 e. The van der Waals surface area contributed by atoms with Crippen LogP contribution in [0, 0.1) is 0 Å². The summed E-state index contributed by atoms with van der Waals surface area (Å²) in [7, 11) is 0. The molecule has 104 heavy (non-hydrogen) atoms. The van der Waals surface area contributed by atoms with Gasteiger partial charge in [0.25, 0.3) is 0 Å². The number of rotatable bonds is 26. The lowest BCUT2D eigenvalue weighted by Gasteiger charge is -2.25. The van der Waals surface area contributed by atoms with Crippen molar-refractivity contribution >= 4 is 103 Å². The Labute approximate surface area is 614 Å². The number of carbonyl (C=O) groups is 4. The van der Waals surface area contributed by atoms with Crippen molar-refractivity contribution in [2.45, 2.75) is 79.1 Å². The summed E-state index contributed by atoms with van der Waals surface area (Å²) in [4.78, 5) is 76.0. The molecule has 1 aliphatic rings. The maximum Gasteiger partial charge on any atom is 0.306 e. The third-order valence-electron chi connectivity index (χ3n) is 18.5. The molecule has 0 spiro atoms. The maximum absolute atomic E-state index is 13.9. The van der Waals surface area contributed by atoms with E-state index < -0.39 is 0 Å². The Morgan fingerprint density at radius 1 is 0.317 bits per heavy atom. The van der Waals surface area contributed by atoms with E-state index in [0.29, 0.717) is 76.5 Å². The monoisotopic (exact) mass is 1420 g/mol. The molecule has 12 aromatic rings. The molecule has 1 aliphatic heterocycles. The van der Waals surface area contributed by atoms with Crippen LogP contribution in [0.2, 0.25) is 10.0 Å². The highest BCUT2D eigenvalue weighted by Crippen LogP contribution is 2.40. The third kappa shape index (κ3) is 15.7. The maximum atomic E-state index is 13.9. The summed E-state index contributed by atoms with van der Waals surface area (Å²) in [6.07, 6.45) is 1.09. The first-order valence-corrected chi connectivity index (χ1v) is 36.2. The van der Waals surface area contributed by atoms with Gasteiger partial charge in [-0.2, -0.15) is 0 Å². The normalized spacial score (nSPS) is 11.9. The molecule has 0 aliphatic carbocycles. The number of hydrogen-bond acceptors (Lipinski definition) is 10. The summed E-state index contributed by atoms with van der Waals surface area (Å²) in [6, 6.07) is 81.5. The molecule has 16 heteroatoms. The number of halogens is 2. The zero-order valence-electron chi connectivity index (χ0n) is 58.5. The summed E-state index contributed by atoms with van der Waals surface area (Å²) in [5.41, 5.74) is 17.1. The zero-order valence-corrected chi connectivity index (χ0v) is 60.0. The molecule has 4 N–H and O–H groups in total. The van der Waals surface area contributed by atoms with Crippen LogP contribution in [0.4, 0.5) is 34.1 Å². The molecule has 0 saturated carbocycles. The predicted molar refractivity (Wildman–Crippen MR) is 413 cm³/mol. The highest BCUT2D eigenvalue weighted by molar-refractivity contribution is 6.33. The van der Waals surface area contributed by atoms with E-state index in [1.165, 1.54) is 0 Å². The first-order chi connectivity index (χ1) is 50.9. The van der Waals surface area contributed by atoms with Crippen LogP contribution in [0.3, 0.4) is 0 Å². The average molecular weight is 1420 g/mol. The van der Waals surface area contributed by atoms with E-state index in [1.54, 1.807) is 27.7 Å². The predicted octanol–water partition coefficient (Wildman–Crippen LogP) is 16.5. The molecule has 0 fully saturated rings. The largest absolute Gasteiger partial charge is 0.466 e. The molecule has 13 rings (SSSR count). The van der Waals surface area contributed by atoms with Crippen molar-refractivity contribution < 1.29 is 38.1 Å². The number of anilines is 6. The van der Waals surface area contributed by atoms with Crippen molar-refractivity contribution in [3.63, 3.8) is 0 Å². The third-order valence-corrected chi connectivity index (χ3v) is 19.1. The lowest BCUT2D eigenvalue weighted by atomic mass is 9.95. The van der Waals surface area contributed by atoms with Gasteiger partial charge in [0.2, 0.25) is 0 Å². The van der Waals surface area contributed by atoms with Crippen LogP contribution < -0.4 is 31.2 Å². The van der Waals surface area contributed by atoms with Crippen molar-refractivity contribution in [2.24, 2.45) is 0 Å². The minimum Gasteiger partial charge on any atom is -0.466 e. The zero-order chi connectivity index (χ0) is 72.1. The van der Waals surface area contributed by atoms with E-state index in [4.69, 9.17) is 42.1 Å².